The molecule has 0 saturated heterocycles. The van der Waals surface area contributed by atoms with Gasteiger partial charge in [-0.3, -0.25) is 4.98 Å². The number of hydrogen-bond donors (Lipinski definition) is 0. The van der Waals surface area contributed by atoms with Crippen LogP contribution in [0, 0.1) is 10.5 Å². The summed E-state index contributed by atoms with van der Waals surface area (Å²) >= 11 is 2.34. The van der Waals surface area contributed by atoms with E-state index in [2.05, 4.69) is 70.9 Å². The highest BCUT2D eigenvalue weighted by Crippen LogP contribution is 2.38. The summed E-state index contributed by atoms with van der Waals surface area (Å²) in [6.45, 7) is 6.23. The second kappa shape index (κ2) is 6.24. The van der Waals surface area contributed by atoms with E-state index in [1.807, 2.05) is 26.1 Å². The first-order valence-corrected chi connectivity index (χ1v) is 8.45. The fourth-order valence-electron chi connectivity index (χ4n) is 2.63. The first-order valence-electron chi connectivity index (χ1n) is 7.38. The molecule has 3 heteroatoms. The highest BCUT2D eigenvalue weighted by molar-refractivity contribution is 14.1. The Hall–Kier alpha value is -1.62. The minimum absolute atomic E-state index is 0.128. The average Bonchev–Trinajstić information content (AvgIpc) is 2.50. The summed E-state index contributed by atoms with van der Waals surface area (Å²) in [4.78, 5) is 4.58. The molecule has 0 amide bonds. The molecule has 0 fully saturated rings. The van der Waals surface area contributed by atoms with Crippen LogP contribution in [-0.2, 0) is 0 Å². The summed E-state index contributed by atoms with van der Waals surface area (Å²) in [6.07, 6.45) is 1.95. The zero-order valence-corrected chi connectivity index (χ0v) is 15.1. The van der Waals surface area contributed by atoms with Gasteiger partial charge in [-0.25, -0.2) is 0 Å². The van der Waals surface area contributed by atoms with Gasteiger partial charge in [0.1, 0.15) is 5.52 Å². The third kappa shape index (κ3) is 2.82. The molecule has 0 saturated carbocycles. The fourth-order valence-corrected chi connectivity index (χ4v) is 3.33. The molecule has 0 aliphatic rings. The lowest BCUT2D eigenvalue weighted by Gasteiger charge is -2.17. The Labute approximate surface area is 144 Å². The number of halogens is 1. The molecule has 0 unspecified atom stereocenters. The first-order chi connectivity index (χ1) is 10.6. The molecule has 1 heterocycles. The molecule has 3 aromatic rings. The van der Waals surface area contributed by atoms with Crippen LogP contribution in [0.3, 0.4) is 0 Å². The van der Waals surface area contributed by atoms with Crippen molar-refractivity contribution in [3.05, 3.63) is 57.8 Å². The molecule has 0 atom stereocenters. The second-order valence-electron chi connectivity index (χ2n) is 5.62. The number of benzene rings is 2. The SMILES string of the molecule is Cc1ccccc1-c1cc(I)c(OC(C)C)c2ncccc12. The number of hydrogen-bond acceptors (Lipinski definition) is 2. The molecule has 0 radical (unpaired) electrons. The van der Waals surface area contributed by atoms with Gasteiger partial charge in [-0.15, -0.1) is 0 Å². The van der Waals surface area contributed by atoms with Gasteiger partial charge in [0.15, 0.2) is 5.75 Å². The minimum Gasteiger partial charge on any atom is -0.488 e. The number of rotatable bonds is 3. The average molecular weight is 403 g/mol. The Bertz CT molecular complexity index is 827. The number of aromatic nitrogens is 1. The van der Waals surface area contributed by atoms with Crippen molar-refractivity contribution in [3.63, 3.8) is 0 Å². The van der Waals surface area contributed by atoms with Gasteiger partial charge >= 0.3 is 0 Å². The number of pyridine rings is 1. The lowest BCUT2D eigenvalue weighted by Crippen LogP contribution is -2.08. The van der Waals surface area contributed by atoms with E-state index in [4.69, 9.17) is 4.74 Å². The van der Waals surface area contributed by atoms with Gasteiger partial charge in [-0.05, 0) is 72.2 Å². The van der Waals surface area contributed by atoms with Crippen molar-refractivity contribution in [1.82, 2.24) is 4.98 Å². The molecule has 3 rings (SSSR count). The minimum atomic E-state index is 0.128. The Morgan fingerprint density at radius 3 is 2.55 bits per heavy atom. The van der Waals surface area contributed by atoms with Crippen molar-refractivity contribution in [2.75, 3.05) is 0 Å². The van der Waals surface area contributed by atoms with Crippen LogP contribution in [0.5, 0.6) is 5.75 Å². The quantitative estimate of drug-likeness (QED) is 0.531. The summed E-state index contributed by atoms with van der Waals surface area (Å²) in [7, 11) is 0. The van der Waals surface area contributed by atoms with Crippen LogP contribution in [0.4, 0.5) is 0 Å². The zero-order chi connectivity index (χ0) is 15.7. The predicted octanol–water partition coefficient (Wildman–Crippen LogP) is 5.60. The molecule has 22 heavy (non-hydrogen) atoms. The van der Waals surface area contributed by atoms with Crippen molar-refractivity contribution in [2.24, 2.45) is 0 Å². The molecule has 0 spiro atoms. The van der Waals surface area contributed by atoms with Gasteiger partial charge < -0.3 is 4.74 Å². The summed E-state index contributed by atoms with van der Waals surface area (Å²) < 4.78 is 7.10. The fraction of sp³-hybridized carbons (Fsp3) is 0.211. The largest absolute Gasteiger partial charge is 0.488 e. The standard InChI is InChI=1S/C19H18INO/c1-12(2)22-19-17(20)11-16(14-8-5-4-7-13(14)3)15-9-6-10-21-18(15)19/h4-12H,1-3H3. The van der Waals surface area contributed by atoms with Crippen LogP contribution >= 0.6 is 22.6 Å². The van der Waals surface area contributed by atoms with E-state index < -0.39 is 0 Å². The molecule has 1 aromatic heterocycles. The molecule has 2 aromatic carbocycles. The molecule has 0 aliphatic heterocycles. The van der Waals surface area contributed by atoms with Gasteiger partial charge in [0, 0.05) is 11.6 Å². The maximum atomic E-state index is 6.01. The van der Waals surface area contributed by atoms with Gasteiger partial charge in [-0.1, -0.05) is 30.3 Å². The van der Waals surface area contributed by atoms with E-state index in [9.17, 15) is 0 Å². The van der Waals surface area contributed by atoms with E-state index in [0.29, 0.717) is 0 Å². The van der Waals surface area contributed by atoms with Crippen molar-refractivity contribution >= 4 is 33.5 Å². The lowest BCUT2D eigenvalue weighted by atomic mass is 9.96. The van der Waals surface area contributed by atoms with E-state index in [1.54, 1.807) is 0 Å². The van der Waals surface area contributed by atoms with Crippen LogP contribution in [0.15, 0.2) is 48.7 Å². The van der Waals surface area contributed by atoms with Gasteiger partial charge in [0.05, 0.1) is 9.67 Å². The van der Waals surface area contributed by atoms with Crippen LogP contribution in [0.1, 0.15) is 19.4 Å². The monoisotopic (exact) mass is 403 g/mol. The molecule has 2 nitrogen and oxygen atoms in total. The smallest absolute Gasteiger partial charge is 0.159 e. The Morgan fingerprint density at radius 1 is 1.05 bits per heavy atom. The topological polar surface area (TPSA) is 22.1 Å². The van der Waals surface area contributed by atoms with E-state index >= 15 is 0 Å². The second-order valence-corrected chi connectivity index (χ2v) is 6.78. The van der Waals surface area contributed by atoms with Gasteiger partial charge in [0.25, 0.3) is 0 Å². The third-order valence-electron chi connectivity index (χ3n) is 3.59. The predicted molar refractivity (Wildman–Crippen MR) is 100 cm³/mol. The highest BCUT2D eigenvalue weighted by atomic mass is 127. The molecule has 0 N–H and O–H groups in total. The number of aryl methyl sites for hydroxylation is 1. The highest BCUT2D eigenvalue weighted by Gasteiger charge is 2.15. The number of fused-ring (bicyclic) bond motifs is 1. The normalized spacial score (nSPS) is 11.1. The summed E-state index contributed by atoms with van der Waals surface area (Å²) in [5.74, 6) is 0.878. The third-order valence-corrected chi connectivity index (χ3v) is 4.39. The van der Waals surface area contributed by atoms with E-state index in [-0.39, 0.29) is 6.10 Å². The first kappa shape index (κ1) is 15.3. The van der Waals surface area contributed by atoms with Crippen molar-refractivity contribution in [1.29, 1.82) is 0 Å². The molecular weight excluding hydrogens is 385 g/mol. The summed E-state index contributed by atoms with van der Waals surface area (Å²) in [6, 6.07) is 14.8. The van der Waals surface area contributed by atoms with Crippen LogP contribution in [0.2, 0.25) is 0 Å². The Balaban J connectivity index is 2.32. The van der Waals surface area contributed by atoms with Crippen molar-refractivity contribution in [2.45, 2.75) is 26.9 Å². The maximum absolute atomic E-state index is 6.01. The summed E-state index contributed by atoms with van der Waals surface area (Å²) in [5, 5.41) is 1.13. The van der Waals surface area contributed by atoms with E-state index in [1.165, 1.54) is 16.7 Å². The molecule has 0 bridgehead atoms. The van der Waals surface area contributed by atoms with Crippen LogP contribution in [0.25, 0.3) is 22.0 Å². The maximum Gasteiger partial charge on any atom is 0.159 e. The molecule has 0 aliphatic carbocycles. The summed E-state index contributed by atoms with van der Waals surface area (Å²) in [5.41, 5.74) is 4.65. The van der Waals surface area contributed by atoms with Crippen molar-refractivity contribution < 1.29 is 4.74 Å². The lowest BCUT2D eigenvalue weighted by molar-refractivity contribution is 0.243. The molecular formula is C19H18INO. The van der Waals surface area contributed by atoms with Crippen LogP contribution < -0.4 is 4.74 Å². The van der Waals surface area contributed by atoms with Crippen LogP contribution in [-0.4, -0.2) is 11.1 Å². The van der Waals surface area contributed by atoms with Gasteiger partial charge in [-0.2, -0.15) is 0 Å². The van der Waals surface area contributed by atoms with Crippen molar-refractivity contribution in [3.8, 4) is 16.9 Å². The Morgan fingerprint density at radius 2 is 1.82 bits per heavy atom. The number of nitrogens with zero attached hydrogens (tertiary/aromatic N) is 1. The Kier molecular flexibility index (Phi) is 4.34. The zero-order valence-electron chi connectivity index (χ0n) is 12.9. The van der Waals surface area contributed by atoms with E-state index in [0.717, 1.165) is 20.2 Å². The molecule has 112 valence electrons. The van der Waals surface area contributed by atoms with Gasteiger partial charge in [0.2, 0.25) is 0 Å². The number of ether oxygens (including phenoxy) is 1.